The minimum absolute atomic E-state index is 0.0717. The molecule has 32 heavy (non-hydrogen) atoms. The average Bonchev–Trinajstić information content (AvgIpc) is 3.04. The first kappa shape index (κ1) is 22.5. The van der Waals surface area contributed by atoms with Crippen molar-refractivity contribution < 1.29 is 9.59 Å². The van der Waals surface area contributed by atoms with Crippen LogP contribution < -0.4 is 5.32 Å². The molecule has 0 spiro atoms. The second kappa shape index (κ2) is 9.86. The number of nitrogens with one attached hydrogen (secondary N) is 1. The van der Waals surface area contributed by atoms with Crippen LogP contribution >= 0.6 is 0 Å². The quantitative estimate of drug-likeness (QED) is 0.667. The van der Waals surface area contributed by atoms with Crippen molar-refractivity contribution in [2.75, 3.05) is 26.2 Å². The van der Waals surface area contributed by atoms with Crippen LogP contribution in [0, 0.1) is 18.8 Å². The number of carbonyl (C=O) groups excluding carboxylic acids is 2. The summed E-state index contributed by atoms with van der Waals surface area (Å²) in [5.74, 6) is 1.32. The Morgan fingerprint density at radius 3 is 2.44 bits per heavy atom. The number of aryl methyl sites for hydroxylation is 1. The van der Waals surface area contributed by atoms with Gasteiger partial charge in [-0.05, 0) is 55.3 Å². The van der Waals surface area contributed by atoms with Crippen LogP contribution in [0.3, 0.4) is 0 Å². The van der Waals surface area contributed by atoms with Crippen LogP contribution in [0.25, 0.3) is 0 Å². The lowest BCUT2D eigenvalue weighted by Crippen LogP contribution is -2.41. The fourth-order valence-corrected chi connectivity index (χ4v) is 5.29. The van der Waals surface area contributed by atoms with Gasteiger partial charge in [0, 0.05) is 31.7 Å². The van der Waals surface area contributed by atoms with Gasteiger partial charge in [-0.15, -0.1) is 0 Å². The maximum atomic E-state index is 13.2. The van der Waals surface area contributed by atoms with Crippen LogP contribution in [0.1, 0.15) is 59.8 Å². The van der Waals surface area contributed by atoms with E-state index >= 15 is 0 Å². The number of hydrogen-bond acceptors (Lipinski definition) is 3. The maximum absolute atomic E-state index is 13.2. The number of benzene rings is 2. The molecule has 2 amide bonds. The van der Waals surface area contributed by atoms with Gasteiger partial charge in [-0.3, -0.25) is 9.59 Å². The van der Waals surface area contributed by atoms with E-state index in [1.54, 1.807) is 4.90 Å². The number of rotatable bonds is 7. The van der Waals surface area contributed by atoms with Gasteiger partial charge in [-0.25, -0.2) is 0 Å². The van der Waals surface area contributed by atoms with Crippen LogP contribution in [0.2, 0.25) is 0 Å². The van der Waals surface area contributed by atoms with Gasteiger partial charge in [-0.2, -0.15) is 0 Å². The van der Waals surface area contributed by atoms with Crippen LogP contribution in [0.15, 0.2) is 48.5 Å². The van der Waals surface area contributed by atoms with E-state index in [4.69, 9.17) is 0 Å². The largest absolute Gasteiger partial charge is 0.354 e. The Hall–Kier alpha value is -2.66. The molecular weight excluding hydrogens is 398 g/mol. The molecule has 170 valence electrons. The molecule has 5 nitrogen and oxygen atoms in total. The minimum atomic E-state index is -0.574. The Balaban J connectivity index is 1.40. The second-order valence-electron chi connectivity index (χ2n) is 9.76. The lowest BCUT2D eigenvalue weighted by atomic mass is 9.92. The fraction of sp³-hybridized carbons (Fsp3) is 0.481. The molecule has 2 heterocycles. The van der Waals surface area contributed by atoms with E-state index in [2.05, 4.69) is 24.1 Å². The highest BCUT2D eigenvalue weighted by molar-refractivity contribution is 6.04. The summed E-state index contributed by atoms with van der Waals surface area (Å²) in [6.07, 6.45) is 2.23. The normalized spacial score (nSPS) is 23.3. The van der Waals surface area contributed by atoms with Crippen molar-refractivity contribution in [3.63, 3.8) is 0 Å². The standard InChI is InChI=1S/C27H35N3O2/c1-19-9-11-22(12-10-19)18-30-25(23-7-4-5-8-24(23)27(30)32)26(31)28-13-6-14-29-16-20(2)15-21(3)17-29/h4-5,7-12,20-21,25H,6,13-18H2,1-3H3,(H,28,31). The zero-order valence-corrected chi connectivity index (χ0v) is 19.5. The number of nitrogens with zero attached hydrogens (tertiary/aromatic N) is 2. The summed E-state index contributed by atoms with van der Waals surface area (Å²) in [7, 11) is 0. The highest BCUT2D eigenvalue weighted by Gasteiger charge is 2.40. The van der Waals surface area contributed by atoms with Gasteiger partial charge in [0.2, 0.25) is 5.91 Å². The van der Waals surface area contributed by atoms with E-state index in [0.29, 0.717) is 18.7 Å². The number of hydrogen-bond donors (Lipinski definition) is 1. The molecule has 2 aromatic rings. The molecule has 3 unspecified atom stereocenters. The molecular formula is C27H35N3O2. The van der Waals surface area contributed by atoms with Crippen LogP contribution in [-0.2, 0) is 11.3 Å². The smallest absolute Gasteiger partial charge is 0.255 e. The van der Waals surface area contributed by atoms with Gasteiger partial charge in [0.05, 0.1) is 0 Å². The molecule has 5 heteroatoms. The molecule has 0 aromatic heterocycles. The fourth-order valence-electron chi connectivity index (χ4n) is 5.29. The summed E-state index contributed by atoms with van der Waals surface area (Å²) in [5, 5.41) is 3.11. The molecule has 1 saturated heterocycles. The highest BCUT2D eigenvalue weighted by Crippen LogP contribution is 2.35. The zero-order chi connectivity index (χ0) is 22.7. The Kier molecular flexibility index (Phi) is 6.95. The first-order valence-corrected chi connectivity index (χ1v) is 11.9. The van der Waals surface area contributed by atoms with E-state index in [0.717, 1.165) is 49.0 Å². The molecule has 0 aliphatic carbocycles. The van der Waals surface area contributed by atoms with Gasteiger partial charge in [0.25, 0.3) is 5.91 Å². The van der Waals surface area contributed by atoms with Gasteiger partial charge >= 0.3 is 0 Å². The first-order valence-electron chi connectivity index (χ1n) is 11.9. The van der Waals surface area contributed by atoms with Gasteiger partial charge in [0.15, 0.2) is 0 Å². The Bertz CT molecular complexity index is 946. The first-order chi connectivity index (χ1) is 15.4. The molecule has 1 fully saturated rings. The van der Waals surface area contributed by atoms with Crippen molar-refractivity contribution in [1.82, 2.24) is 15.1 Å². The van der Waals surface area contributed by atoms with E-state index in [9.17, 15) is 9.59 Å². The SMILES string of the molecule is Cc1ccc(CN2C(=O)c3ccccc3C2C(=O)NCCCN2CC(C)CC(C)C2)cc1. The number of carbonyl (C=O) groups is 2. The summed E-state index contributed by atoms with van der Waals surface area (Å²) < 4.78 is 0. The molecule has 2 aliphatic rings. The van der Waals surface area contributed by atoms with Gasteiger partial charge in [0.1, 0.15) is 6.04 Å². The van der Waals surface area contributed by atoms with Crippen molar-refractivity contribution in [1.29, 1.82) is 0 Å². The summed E-state index contributed by atoms with van der Waals surface area (Å²) in [5.41, 5.74) is 3.65. The summed E-state index contributed by atoms with van der Waals surface area (Å²) in [4.78, 5) is 30.6. The molecule has 3 atom stereocenters. The Morgan fingerprint density at radius 2 is 1.72 bits per heavy atom. The summed E-state index contributed by atoms with van der Waals surface area (Å²) >= 11 is 0. The third-order valence-corrected chi connectivity index (χ3v) is 6.68. The highest BCUT2D eigenvalue weighted by atomic mass is 16.2. The minimum Gasteiger partial charge on any atom is -0.354 e. The van der Waals surface area contributed by atoms with Gasteiger partial charge in [-0.1, -0.05) is 61.9 Å². The predicted octanol–water partition coefficient (Wildman–Crippen LogP) is 4.18. The van der Waals surface area contributed by atoms with Crippen LogP contribution in [0.4, 0.5) is 0 Å². The second-order valence-corrected chi connectivity index (χ2v) is 9.76. The average molecular weight is 434 g/mol. The summed E-state index contributed by atoms with van der Waals surface area (Å²) in [6, 6.07) is 15.1. The monoisotopic (exact) mass is 433 g/mol. The van der Waals surface area contributed by atoms with Gasteiger partial charge < -0.3 is 15.1 Å². The lowest BCUT2D eigenvalue weighted by molar-refractivity contribution is -0.125. The molecule has 0 bridgehead atoms. The number of piperidine rings is 1. The Morgan fingerprint density at radius 1 is 1.03 bits per heavy atom. The predicted molar refractivity (Wildman–Crippen MR) is 127 cm³/mol. The van der Waals surface area contributed by atoms with Crippen molar-refractivity contribution in [2.24, 2.45) is 11.8 Å². The van der Waals surface area contributed by atoms with Crippen molar-refractivity contribution in [3.8, 4) is 0 Å². The van der Waals surface area contributed by atoms with Crippen molar-refractivity contribution in [3.05, 3.63) is 70.8 Å². The molecule has 0 radical (unpaired) electrons. The van der Waals surface area contributed by atoms with Crippen molar-refractivity contribution >= 4 is 11.8 Å². The lowest BCUT2D eigenvalue weighted by Gasteiger charge is -2.35. The van der Waals surface area contributed by atoms with E-state index in [1.165, 1.54) is 12.0 Å². The number of likely N-dealkylation sites (tertiary alicyclic amines) is 1. The molecule has 1 N–H and O–H groups in total. The number of fused-ring (bicyclic) bond motifs is 1. The molecule has 0 saturated carbocycles. The van der Waals surface area contributed by atoms with E-state index in [-0.39, 0.29) is 11.8 Å². The summed E-state index contributed by atoms with van der Waals surface area (Å²) in [6.45, 7) is 11.0. The van der Waals surface area contributed by atoms with Crippen LogP contribution in [-0.4, -0.2) is 47.8 Å². The van der Waals surface area contributed by atoms with E-state index < -0.39 is 6.04 Å². The third kappa shape index (κ3) is 5.04. The number of amides is 2. The molecule has 2 aliphatic heterocycles. The topological polar surface area (TPSA) is 52.7 Å². The molecule has 4 rings (SSSR count). The maximum Gasteiger partial charge on any atom is 0.255 e. The van der Waals surface area contributed by atoms with Crippen molar-refractivity contribution in [2.45, 2.75) is 46.2 Å². The zero-order valence-electron chi connectivity index (χ0n) is 19.5. The Labute approximate surface area is 191 Å². The third-order valence-electron chi connectivity index (χ3n) is 6.68. The van der Waals surface area contributed by atoms with E-state index in [1.807, 2.05) is 55.5 Å². The van der Waals surface area contributed by atoms with Crippen LogP contribution in [0.5, 0.6) is 0 Å². The molecule has 2 aromatic carbocycles.